The summed E-state index contributed by atoms with van der Waals surface area (Å²) in [4.78, 5) is 0. The Kier molecular flexibility index (Phi) is 2.80. The van der Waals surface area contributed by atoms with Gasteiger partial charge in [0, 0.05) is 22.6 Å². The van der Waals surface area contributed by atoms with Crippen LogP contribution in [0, 0.1) is 6.92 Å². The molecule has 1 N–H and O–H groups in total. The van der Waals surface area contributed by atoms with E-state index >= 15 is 0 Å². The maximum atomic E-state index is 10.5. The molecule has 3 nitrogen and oxygen atoms in total. The van der Waals surface area contributed by atoms with Crippen LogP contribution in [0.3, 0.4) is 0 Å². The van der Waals surface area contributed by atoms with Crippen LogP contribution in [-0.2, 0) is 6.42 Å². The number of fused-ring (bicyclic) bond motifs is 1. The van der Waals surface area contributed by atoms with Gasteiger partial charge >= 0.3 is 0 Å². The maximum absolute atomic E-state index is 10.5. The van der Waals surface area contributed by atoms with Crippen molar-refractivity contribution in [2.24, 2.45) is 0 Å². The normalized spacial score (nSPS) is 15.3. The Morgan fingerprint density at radius 2 is 2.17 bits per heavy atom. The molecule has 4 heteroatoms. The fourth-order valence-corrected chi connectivity index (χ4v) is 2.60. The molecule has 2 heterocycles. The van der Waals surface area contributed by atoms with Crippen LogP contribution in [0.15, 0.2) is 28.9 Å². The summed E-state index contributed by atoms with van der Waals surface area (Å²) in [6.45, 7) is 2.46. The van der Waals surface area contributed by atoms with Crippen LogP contribution >= 0.6 is 11.6 Å². The van der Waals surface area contributed by atoms with Gasteiger partial charge in [-0.25, -0.2) is 0 Å². The van der Waals surface area contributed by atoms with Gasteiger partial charge in [0.25, 0.3) is 0 Å². The quantitative estimate of drug-likeness (QED) is 0.905. The minimum atomic E-state index is -0.769. The molecule has 1 aromatic heterocycles. The lowest BCUT2D eigenvalue weighted by atomic mass is 9.98. The average Bonchev–Trinajstić information content (AvgIpc) is 2.95. The highest BCUT2D eigenvalue weighted by Gasteiger charge is 2.24. The Hall–Kier alpha value is -1.45. The summed E-state index contributed by atoms with van der Waals surface area (Å²) in [5, 5.41) is 11.1. The summed E-state index contributed by atoms with van der Waals surface area (Å²) >= 11 is 6.08. The van der Waals surface area contributed by atoms with E-state index in [9.17, 15) is 5.11 Å². The fraction of sp³-hybridized carbons (Fsp3) is 0.286. The predicted molar refractivity (Wildman–Crippen MR) is 68.2 cm³/mol. The Morgan fingerprint density at radius 1 is 1.33 bits per heavy atom. The van der Waals surface area contributed by atoms with Crippen molar-refractivity contribution in [1.29, 1.82) is 0 Å². The number of ether oxygens (including phenoxy) is 1. The van der Waals surface area contributed by atoms with Gasteiger partial charge in [0.2, 0.25) is 0 Å². The molecule has 94 valence electrons. The van der Waals surface area contributed by atoms with Crippen LogP contribution in [0.25, 0.3) is 0 Å². The SMILES string of the molecule is Cc1occc1C(O)c1cc(Cl)cc2c1OCC2. The molecule has 0 saturated carbocycles. The molecule has 1 unspecified atom stereocenters. The summed E-state index contributed by atoms with van der Waals surface area (Å²) in [6, 6.07) is 5.41. The number of aliphatic hydroxyl groups is 1. The van der Waals surface area contributed by atoms with E-state index in [2.05, 4.69) is 0 Å². The average molecular weight is 265 g/mol. The van der Waals surface area contributed by atoms with Crippen LogP contribution in [0.1, 0.15) is 28.6 Å². The summed E-state index contributed by atoms with van der Waals surface area (Å²) in [5.74, 6) is 1.46. The van der Waals surface area contributed by atoms with Gasteiger partial charge in [0.15, 0.2) is 0 Å². The lowest BCUT2D eigenvalue weighted by Crippen LogP contribution is -2.02. The molecule has 0 saturated heterocycles. The predicted octanol–water partition coefficient (Wildman–Crippen LogP) is 3.26. The Bertz CT molecular complexity index is 589. The second-order valence-corrected chi connectivity index (χ2v) is 4.85. The minimum Gasteiger partial charge on any atom is -0.493 e. The van der Waals surface area contributed by atoms with Gasteiger partial charge in [-0.15, -0.1) is 0 Å². The van der Waals surface area contributed by atoms with Crippen LogP contribution in [0.4, 0.5) is 0 Å². The number of rotatable bonds is 2. The highest BCUT2D eigenvalue weighted by molar-refractivity contribution is 6.30. The number of benzene rings is 1. The van der Waals surface area contributed by atoms with Crippen molar-refractivity contribution in [2.45, 2.75) is 19.4 Å². The Morgan fingerprint density at radius 3 is 2.89 bits per heavy atom. The third kappa shape index (κ3) is 1.80. The monoisotopic (exact) mass is 264 g/mol. The zero-order valence-corrected chi connectivity index (χ0v) is 10.7. The third-order valence-electron chi connectivity index (χ3n) is 3.27. The molecular formula is C14H13ClO3. The number of hydrogen-bond donors (Lipinski definition) is 1. The van der Waals surface area contributed by atoms with E-state index in [0.717, 1.165) is 23.3 Å². The molecule has 0 fully saturated rings. The Balaban J connectivity index is 2.10. The van der Waals surface area contributed by atoms with E-state index in [0.29, 0.717) is 23.0 Å². The van der Waals surface area contributed by atoms with Gasteiger partial charge in [-0.3, -0.25) is 0 Å². The van der Waals surface area contributed by atoms with Crippen molar-refractivity contribution in [3.05, 3.63) is 51.9 Å². The van der Waals surface area contributed by atoms with E-state index in [-0.39, 0.29) is 0 Å². The van der Waals surface area contributed by atoms with E-state index in [1.807, 2.05) is 13.0 Å². The van der Waals surface area contributed by atoms with Crippen LogP contribution in [-0.4, -0.2) is 11.7 Å². The second kappa shape index (κ2) is 4.34. The van der Waals surface area contributed by atoms with E-state index in [1.54, 1.807) is 18.4 Å². The number of aryl methyl sites for hydroxylation is 1. The van der Waals surface area contributed by atoms with Gasteiger partial charge in [-0.2, -0.15) is 0 Å². The summed E-state index contributed by atoms with van der Waals surface area (Å²) in [6.07, 6.45) is 1.63. The van der Waals surface area contributed by atoms with Gasteiger partial charge in [0.1, 0.15) is 17.6 Å². The van der Waals surface area contributed by atoms with E-state index in [4.69, 9.17) is 20.8 Å². The summed E-state index contributed by atoms with van der Waals surface area (Å²) in [5.41, 5.74) is 2.51. The maximum Gasteiger partial charge on any atom is 0.128 e. The molecule has 0 bridgehead atoms. The number of hydrogen-bond acceptors (Lipinski definition) is 3. The number of aliphatic hydroxyl groups excluding tert-OH is 1. The van der Waals surface area contributed by atoms with E-state index in [1.165, 1.54) is 0 Å². The summed E-state index contributed by atoms with van der Waals surface area (Å²) < 4.78 is 10.8. The summed E-state index contributed by atoms with van der Waals surface area (Å²) in [7, 11) is 0. The fourth-order valence-electron chi connectivity index (χ4n) is 2.35. The largest absolute Gasteiger partial charge is 0.493 e. The lowest BCUT2D eigenvalue weighted by molar-refractivity contribution is 0.211. The van der Waals surface area contributed by atoms with Crippen LogP contribution < -0.4 is 4.74 Å². The lowest BCUT2D eigenvalue weighted by Gasteiger charge is -2.14. The molecule has 18 heavy (non-hydrogen) atoms. The van der Waals surface area contributed by atoms with Crippen molar-refractivity contribution in [3.8, 4) is 5.75 Å². The molecule has 1 atom stereocenters. The van der Waals surface area contributed by atoms with Crippen molar-refractivity contribution in [1.82, 2.24) is 0 Å². The molecule has 0 radical (unpaired) electrons. The number of halogens is 1. The minimum absolute atomic E-state index is 0.620. The molecule has 1 aliphatic heterocycles. The second-order valence-electron chi connectivity index (χ2n) is 4.42. The van der Waals surface area contributed by atoms with Crippen molar-refractivity contribution >= 4 is 11.6 Å². The molecular weight excluding hydrogens is 252 g/mol. The van der Waals surface area contributed by atoms with Gasteiger partial charge in [-0.05, 0) is 30.7 Å². The van der Waals surface area contributed by atoms with Gasteiger partial charge < -0.3 is 14.3 Å². The Labute approximate surface area is 110 Å². The van der Waals surface area contributed by atoms with E-state index < -0.39 is 6.10 Å². The zero-order valence-electron chi connectivity index (χ0n) is 9.94. The molecule has 0 spiro atoms. The first-order chi connectivity index (χ1) is 8.66. The molecule has 1 aliphatic rings. The van der Waals surface area contributed by atoms with Gasteiger partial charge in [0.05, 0.1) is 12.9 Å². The van der Waals surface area contributed by atoms with Crippen molar-refractivity contribution in [3.63, 3.8) is 0 Å². The molecule has 0 aliphatic carbocycles. The first kappa shape index (κ1) is 11.6. The molecule has 0 amide bonds. The number of furan rings is 1. The molecule has 1 aromatic carbocycles. The van der Waals surface area contributed by atoms with Crippen LogP contribution in [0.5, 0.6) is 5.75 Å². The van der Waals surface area contributed by atoms with Gasteiger partial charge in [-0.1, -0.05) is 11.6 Å². The highest BCUT2D eigenvalue weighted by atomic mass is 35.5. The first-order valence-electron chi connectivity index (χ1n) is 5.84. The van der Waals surface area contributed by atoms with Crippen LogP contribution in [0.2, 0.25) is 5.02 Å². The topological polar surface area (TPSA) is 42.6 Å². The van der Waals surface area contributed by atoms with Crippen molar-refractivity contribution < 1.29 is 14.3 Å². The first-order valence-corrected chi connectivity index (χ1v) is 6.22. The smallest absolute Gasteiger partial charge is 0.128 e. The molecule has 2 aromatic rings. The van der Waals surface area contributed by atoms with Crippen molar-refractivity contribution in [2.75, 3.05) is 6.61 Å². The highest BCUT2D eigenvalue weighted by Crippen LogP contribution is 2.39. The molecule has 3 rings (SSSR count). The zero-order chi connectivity index (χ0) is 12.7. The standard InChI is InChI=1S/C14H13ClO3/c1-8-11(3-5-17-8)13(16)12-7-10(15)6-9-2-4-18-14(9)12/h3,5-7,13,16H,2,4H2,1H3. The third-order valence-corrected chi connectivity index (χ3v) is 3.48.